The highest BCUT2D eigenvalue weighted by Crippen LogP contribution is 2.34. The van der Waals surface area contributed by atoms with E-state index in [1.54, 1.807) is 42.5 Å². The lowest BCUT2D eigenvalue weighted by atomic mass is 10.2. The highest BCUT2D eigenvalue weighted by Gasteiger charge is 2.31. The van der Waals surface area contributed by atoms with Gasteiger partial charge in [0.2, 0.25) is 5.91 Å². The SMILES string of the molecule is O=C(CCCC(=O)OCC(=O)Nc1cc(C(F)(F)F)ccc1Cl)Nc1ccc(Oc2ccc(Cl)cc2Cl)cc1. The minimum absolute atomic E-state index is 0.000225. The number of halogens is 6. The molecule has 0 aliphatic heterocycles. The van der Waals surface area contributed by atoms with Crippen LogP contribution >= 0.6 is 34.8 Å². The summed E-state index contributed by atoms with van der Waals surface area (Å²) >= 11 is 17.8. The van der Waals surface area contributed by atoms with Crippen molar-refractivity contribution < 1.29 is 37.0 Å². The second-order valence-corrected chi connectivity index (χ2v) is 9.25. The van der Waals surface area contributed by atoms with Crippen molar-refractivity contribution >= 4 is 64.0 Å². The van der Waals surface area contributed by atoms with Crippen LogP contribution < -0.4 is 15.4 Å². The third-order valence-corrected chi connectivity index (χ3v) is 5.84. The van der Waals surface area contributed by atoms with E-state index in [0.29, 0.717) is 33.3 Å². The van der Waals surface area contributed by atoms with E-state index in [1.165, 1.54) is 0 Å². The summed E-state index contributed by atoms with van der Waals surface area (Å²) in [4.78, 5) is 36.0. The molecule has 2 amide bonds. The Morgan fingerprint density at radius 1 is 0.795 bits per heavy atom. The van der Waals surface area contributed by atoms with Crippen LogP contribution in [0.2, 0.25) is 15.1 Å². The van der Waals surface area contributed by atoms with Gasteiger partial charge in [-0.2, -0.15) is 13.2 Å². The number of hydrogen-bond donors (Lipinski definition) is 2. The Hall–Kier alpha value is -3.47. The maximum atomic E-state index is 12.8. The number of carbonyl (C=O) groups excluding carboxylic acids is 3. The van der Waals surface area contributed by atoms with Crippen LogP contribution in [0.4, 0.5) is 24.5 Å². The normalized spacial score (nSPS) is 11.0. The zero-order valence-electron chi connectivity index (χ0n) is 19.9. The van der Waals surface area contributed by atoms with Crippen LogP contribution in [0.5, 0.6) is 11.5 Å². The zero-order valence-corrected chi connectivity index (χ0v) is 22.2. The molecular formula is C26H20Cl3F3N2O5. The van der Waals surface area contributed by atoms with Gasteiger partial charge in [0.05, 0.1) is 21.3 Å². The van der Waals surface area contributed by atoms with Crippen LogP contribution in [0.3, 0.4) is 0 Å². The predicted octanol–water partition coefficient (Wildman–Crippen LogP) is 7.75. The van der Waals surface area contributed by atoms with E-state index < -0.39 is 30.2 Å². The Kier molecular flexibility index (Phi) is 10.4. The molecule has 3 aromatic rings. The second-order valence-electron chi connectivity index (χ2n) is 8.00. The number of ether oxygens (including phenoxy) is 2. The monoisotopic (exact) mass is 602 g/mol. The Labute approximate surface area is 236 Å². The highest BCUT2D eigenvalue weighted by molar-refractivity contribution is 6.35. The van der Waals surface area contributed by atoms with Crippen molar-refractivity contribution in [2.24, 2.45) is 0 Å². The molecule has 7 nitrogen and oxygen atoms in total. The molecule has 0 unspecified atom stereocenters. The molecule has 206 valence electrons. The number of benzene rings is 3. The van der Waals surface area contributed by atoms with Crippen molar-refractivity contribution in [1.82, 2.24) is 0 Å². The number of hydrogen-bond acceptors (Lipinski definition) is 5. The van der Waals surface area contributed by atoms with Gasteiger partial charge in [0.25, 0.3) is 5.91 Å². The molecule has 0 spiro atoms. The average Bonchev–Trinajstić information content (AvgIpc) is 2.86. The first kappa shape index (κ1) is 30.1. The lowest BCUT2D eigenvalue weighted by molar-refractivity contribution is -0.147. The van der Waals surface area contributed by atoms with E-state index in [9.17, 15) is 27.6 Å². The van der Waals surface area contributed by atoms with Crippen LogP contribution in [0.15, 0.2) is 60.7 Å². The predicted molar refractivity (Wildman–Crippen MR) is 142 cm³/mol. The van der Waals surface area contributed by atoms with Gasteiger partial charge in [-0.15, -0.1) is 0 Å². The first-order valence-electron chi connectivity index (χ1n) is 11.3. The third-order valence-electron chi connectivity index (χ3n) is 4.98. The zero-order chi connectivity index (χ0) is 28.6. The van der Waals surface area contributed by atoms with Gasteiger partial charge in [-0.3, -0.25) is 14.4 Å². The van der Waals surface area contributed by atoms with Crippen LogP contribution in [-0.4, -0.2) is 24.4 Å². The molecule has 0 aliphatic rings. The standard InChI is InChI=1S/C26H20Cl3F3N2O5/c27-16-5-11-22(20(29)13-16)39-18-8-6-17(7-9-18)33-23(35)2-1-3-25(37)38-14-24(36)34-21-12-15(26(30,31)32)4-10-19(21)28/h4-13H,1-3,14H2,(H,33,35)(H,34,36). The maximum absolute atomic E-state index is 12.8. The maximum Gasteiger partial charge on any atom is 0.416 e. The fraction of sp³-hybridized carbons (Fsp3) is 0.192. The molecule has 13 heteroatoms. The summed E-state index contributed by atoms with van der Waals surface area (Å²) in [6.45, 7) is -0.729. The lowest BCUT2D eigenvalue weighted by Gasteiger charge is -2.12. The summed E-state index contributed by atoms with van der Waals surface area (Å²) in [5.74, 6) is -1.07. The van der Waals surface area contributed by atoms with Gasteiger partial charge in [0.1, 0.15) is 11.5 Å². The minimum atomic E-state index is -4.62. The quantitative estimate of drug-likeness (QED) is 0.231. The van der Waals surface area contributed by atoms with E-state index in [2.05, 4.69) is 10.6 Å². The first-order chi connectivity index (χ1) is 18.4. The van der Waals surface area contributed by atoms with Crippen LogP contribution in [0, 0.1) is 0 Å². The Balaban J connectivity index is 1.37. The number of amides is 2. The average molecular weight is 604 g/mol. The number of rotatable bonds is 10. The summed E-state index contributed by atoms with van der Waals surface area (Å²) in [6, 6.07) is 13.8. The van der Waals surface area contributed by atoms with Crippen LogP contribution in [0.25, 0.3) is 0 Å². The highest BCUT2D eigenvalue weighted by atomic mass is 35.5. The number of carbonyl (C=O) groups is 3. The molecule has 0 aromatic heterocycles. The van der Waals surface area contributed by atoms with E-state index in [4.69, 9.17) is 44.3 Å². The summed E-state index contributed by atoms with van der Waals surface area (Å²) in [7, 11) is 0. The Morgan fingerprint density at radius 3 is 2.18 bits per heavy atom. The molecule has 39 heavy (non-hydrogen) atoms. The summed E-state index contributed by atoms with van der Waals surface area (Å²) in [5.41, 5.74) is -0.760. The van der Waals surface area contributed by atoms with E-state index in [0.717, 1.165) is 12.1 Å². The molecule has 0 radical (unpaired) electrons. The lowest BCUT2D eigenvalue weighted by Crippen LogP contribution is -2.21. The molecule has 0 aliphatic carbocycles. The molecular weight excluding hydrogens is 584 g/mol. The topological polar surface area (TPSA) is 93.7 Å². The molecule has 0 saturated heterocycles. The number of alkyl halides is 3. The number of esters is 1. The van der Waals surface area contributed by atoms with Crippen molar-refractivity contribution in [2.45, 2.75) is 25.4 Å². The second kappa shape index (κ2) is 13.5. The van der Waals surface area contributed by atoms with E-state index >= 15 is 0 Å². The van der Waals surface area contributed by atoms with Gasteiger partial charge < -0.3 is 20.1 Å². The molecule has 0 atom stereocenters. The first-order valence-corrected chi connectivity index (χ1v) is 12.4. The fourth-order valence-corrected chi connectivity index (χ4v) is 3.72. The summed E-state index contributed by atoms with van der Waals surface area (Å²) in [5, 5.41) is 5.56. The number of anilines is 2. The van der Waals surface area contributed by atoms with Gasteiger partial charge in [-0.1, -0.05) is 34.8 Å². The van der Waals surface area contributed by atoms with Gasteiger partial charge >= 0.3 is 12.1 Å². The van der Waals surface area contributed by atoms with Gasteiger partial charge in [-0.05, 0) is 67.1 Å². The summed E-state index contributed by atoms with van der Waals surface area (Å²) in [6.07, 6.45) is -4.63. The van der Waals surface area contributed by atoms with Gasteiger partial charge in [0.15, 0.2) is 6.61 Å². The third kappa shape index (κ3) is 9.65. The van der Waals surface area contributed by atoms with Crippen molar-refractivity contribution in [2.75, 3.05) is 17.2 Å². The van der Waals surface area contributed by atoms with Crippen molar-refractivity contribution in [3.8, 4) is 11.5 Å². The molecule has 0 bridgehead atoms. The van der Waals surface area contributed by atoms with Crippen LogP contribution in [-0.2, 0) is 25.3 Å². The van der Waals surface area contributed by atoms with Gasteiger partial charge in [0, 0.05) is 23.6 Å². The van der Waals surface area contributed by atoms with E-state index in [1.807, 2.05) is 0 Å². The smallest absolute Gasteiger partial charge is 0.416 e. The van der Waals surface area contributed by atoms with E-state index in [-0.39, 0.29) is 35.9 Å². The largest absolute Gasteiger partial charge is 0.456 e. The van der Waals surface area contributed by atoms with Crippen molar-refractivity contribution in [1.29, 1.82) is 0 Å². The van der Waals surface area contributed by atoms with Crippen molar-refractivity contribution in [3.63, 3.8) is 0 Å². The number of nitrogens with one attached hydrogen (secondary N) is 2. The molecule has 3 aromatic carbocycles. The van der Waals surface area contributed by atoms with Crippen LogP contribution in [0.1, 0.15) is 24.8 Å². The fourth-order valence-electron chi connectivity index (χ4n) is 3.11. The minimum Gasteiger partial charge on any atom is -0.456 e. The Morgan fingerprint density at radius 2 is 1.51 bits per heavy atom. The van der Waals surface area contributed by atoms with Crippen molar-refractivity contribution in [3.05, 3.63) is 81.3 Å². The summed E-state index contributed by atoms with van der Waals surface area (Å²) < 4.78 is 49.0. The molecule has 3 rings (SSSR count). The Bertz CT molecular complexity index is 1350. The molecule has 0 fully saturated rings. The molecule has 0 saturated carbocycles. The molecule has 2 N–H and O–H groups in total. The van der Waals surface area contributed by atoms with Gasteiger partial charge in [-0.25, -0.2) is 0 Å². The molecule has 0 heterocycles.